The first kappa shape index (κ1) is 28.0. The van der Waals surface area contributed by atoms with E-state index in [1.807, 2.05) is 11.1 Å². The van der Waals surface area contributed by atoms with Crippen LogP contribution >= 0.6 is 0 Å². The molecule has 2 fully saturated rings. The van der Waals surface area contributed by atoms with Crippen LogP contribution < -0.4 is 9.64 Å². The van der Waals surface area contributed by atoms with Crippen LogP contribution in [0.4, 0.5) is 10.2 Å². The van der Waals surface area contributed by atoms with Crippen molar-refractivity contribution in [1.29, 1.82) is 5.26 Å². The lowest BCUT2D eigenvalue weighted by Gasteiger charge is -2.41. The SMILES string of the molecule is C=CC(=O)N1CCN(c2nc(OCC3CCCN3C)nc3cc(-c4cncc5c4CCCC5)c(F)cc23)CC1CC#N. The summed E-state index contributed by atoms with van der Waals surface area (Å²) in [7, 11) is 2.09. The van der Waals surface area contributed by atoms with Gasteiger partial charge in [-0.25, -0.2) is 4.39 Å². The second kappa shape index (κ2) is 12.0. The average Bonchev–Trinajstić information content (AvgIpc) is 3.43. The van der Waals surface area contributed by atoms with Crippen molar-refractivity contribution in [1.82, 2.24) is 24.8 Å². The van der Waals surface area contributed by atoms with Gasteiger partial charge in [0.15, 0.2) is 0 Å². The van der Waals surface area contributed by atoms with Crippen molar-refractivity contribution >= 4 is 22.6 Å². The minimum Gasteiger partial charge on any atom is -0.462 e. The van der Waals surface area contributed by atoms with Crippen molar-refractivity contribution in [2.24, 2.45) is 0 Å². The molecule has 2 atom stereocenters. The fourth-order valence-electron chi connectivity index (χ4n) is 6.61. The van der Waals surface area contributed by atoms with E-state index in [1.165, 1.54) is 17.7 Å². The Morgan fingerprint density at radius 2 is 2.00 bits per heavy atom. The predicted octanol–water partition coefficient (Wildman–Crippen LogP) is 4.30. The maximum atomic E-state index is 16.0. The summed E-state index contributed by atoms with van der Waals surface area (Å²) in [5.41, 5.74) is 4.21. The normalized spacial score (nSPS) is 20.8. The third-order valence-electron chi connectivity index (χ3n) is 8.95. The second-order valence-electron chi connectivity index (χ2n) is 11.5. The minimum atomic E-state index is -0.358. The number of carbonyl (C=O) groups is 1. The molecule has 6 rings (SSSR count). The third-order valence-corrected chi connectivity index (χ3v) is 8.95. The number of rotatable bonds is 7. The third kappa shape index (κ3) is 5.41. The van der Waals surface area contributed by atoms with Crippen molar-refractivity contribution in [3.63, 3.8) is 0 Å². The van der Waals surface area contributed by atoms with Gasteiger partial charge in [-0.2, -0.15) is 15.2 Å². The zero-order valence-corrected chi connectivity index (χ0v) is 24.1. The van der Waals surface area contributed by atoms with Gasteiger partial charge in [-0.05, 0) is 81.5 Å². The van der Waals surface area contributed by atoms with Crippen molar-refractivity contribution in [2.45, 2.75) is 57.0 Å². The molecular formula is C32H36FN7O2. The number of anilines is 1. The van der Waals surface area contributed by atoms with Crippen LogP contribution in [-0.4, -0.2) is 82.6 Å². The maximum Gasteiger partial charge on any atom is 0.319 e. The molecule has 4 heterocycles. The van der Waals surface area contributed by atoms with Gasteiger partial charge in [0.25, 0.3) is 0 Å². The van der Waals surface area contributed by atoms with Crippen LogP contribution in [0.2, 0.25) is 0 Å². The molecule has 0 N–H and O–H groups in total. The molecule has 0 radical (unpaired) electrons. The molecule has 1 aliphatic carbocycles. The summed E-state index contributed by atoms with van der Waals surface area (Å²) >= 11 is 0. The molecule has 3 aromatic rings. The van der Waals surface area contributed by atoms with Gasteiger partial charge < -0.3 is 19.4 Å². The molecule has 3 aliphatic rings. The first-order valence-corrected chi connectivity index (χ1v) is 14.8. The van der Waals surface area contributed by atoms with Crippen LogP contribution in [0.1, 0.15) is 43.2 Å². The van der Waals surface area contributed by atoms with Crippen molar-refractivity contribution in [3.05, 3.63) is 54.1 Å². The van der Waals surface area contributed by atoms with Crippen LogP contribution in [0.3, 0.4) is 0 Å². The fourth-order valence-corrected chi connectivity index (χ4v) is 6.61. The molecule has 2 aliphatic heterocycles. The number of ether oxygens (including phenoxy) is 1. The summed E-state index contributed by atoms with van der Waals surface area (Å²) in [5, 5.41) is 10.0. The molecule has 218 valence electrons. The van der Waals surface area contributed by atoms with E-state index < -0.39 is 0 Å². The standard InChI is InChI=1S/C32H36FN7O2/c1-3-30(41)40-14-13-39(19-22(40)10-11-34)31-26-15-28(33)25(27-18-35-17-21-7-4-5-9-24(21)27)16-29(26)36-32(37-31)42-20-23-8-6-12-38(23)2/h3,15-18,22-23H,1,4-10,12-14,19-20H2,2H3. The molecule has 0 spiro atoms. The molecule has 0 bridgehead atoms. The summed E-state index contributed by atoms with van der Waals surface area (Å²) in [6.45, 7) is 6.35. The topological polar surface area (TPSA) is 98.5 Å². The van der Waals surface area contributed by atoms with Gasteiger partial charge in [0.2, 0.25) is 5.91 Å². The number of fused-ring (bicyclic) bond motifs is 2. The number of nitrogens with zero attached hydrogens (tertiary/aromatic N) is 7. The zero-order valence-electron chi connectivity index (χ0n) is 24.1. The van der Waals surface area contributed by atoms with Crippen LogP contribution in [0.25, 0.3) is 22.0 Å². The molecule has 0 saturated carbocycles. The van der Waals surface area contributed by atoms with Gasteiger partial charge >= 0.3 is 6.01 Å². The minimum absolute atomic E-state index is 0.168. The highest BCUT2D eigenvalue weighted by molar-refractivity contribution is 5.94. The fraction of sp³-hybridized carbons (Fsp3) is 0.469. The number of piperazine rings is 1. The molecule has 1 aromatic carbocycles. The number of halogens is 1. The molecule has 1 amide bonds. The lowest BCUT2D eigenvalue weighted by atomic mass is 9.87. The van der Waals surface area contributed by atoms with Gasteiger partial charge in [-0.1, -0.05) is 6.58 Å². The Labute approximate surface area is 245 Å². The lowest BCUT2D eigenvalue weighted by Crippen LogP contribution is -2.55. The highest BCUT2D eigenvalue weighted by Gasteiger charge is 2.32. The van der Waals surface area contributed by atoms with E-state index in [0.717, 1.165) is 56.2 Å². The van der Waals surface area contributed by atoms with Gasteiger partial charge in [-0.3, -0.25) is 9.78 Å². The number of aromatic nitrogens is 3. The summed E-state index contributed by atoms with van der Waals surface area (Å²) in [4.78, 5) is 32.5. The van der Waals surface area contributed by atoms with Crippen molar-refractivity contribution < 1.29 is 13.9 Å². The van der Waals surface area contributed by atoms with Gasteiger partial charge in [-0.15, -0.1) is 0 Å². The van der Waals surface area contributed by atoms with E-state index in [2.05, 4.69) is 29.6 Å². The number of likely N-dealkylation sites (N-methyl/N-ethyl adjacent to an activating group) is 1. The van der Waals surface area contributed by atoms with E-state index in [-0.39, 0.29) is 36.2 Å². The van der Waals surface area contributed by atoms with Gasteiger partial charge in [0.1, 0.15) is 18.2 Å². The highest BCUT2D eigenvalue weighted by Crippen LogP contribution is 2.37. The predicted molar refractivity (Wildman–Crippen MR) is 159 cm³/mol. The van der Waals surface area contributed by atoms with Crippen LogP contribution in [0.15, 0.2) is 37.2 Å². The smallest absolute Gasteiger partial charge is 0.319 e. The monoisotopic (exact) mass is 569 g/mol. The van der Waals surface area contributed by atoms with E-state index >= 15 is 4.39 Å². The van der Waals surface area contributed by atoms with E-state index in [9.17, 15) is 10.1 Å². The first-order valence-electron chi connectivity index (χ1n) is 14.8. The Kier molecular flexibility index (Phi) is 8.02. The number of benzene rings is 1. The number of carbonyl (C=O) groups excluding carboxylic acids is 1. The Balaban J connectivity index is 1.42. The Morgan fingerprint density at radius 1 is 1.14 bits per heavy atom. The van der Waals surface area contributed by atoms with E-state index in [4.69, 9.17) is 14.7 Å². The molecule has 42 heavy (non-hydrogen) atoms. The first-order chi connectivity index (χ1) is 20.5. The molecule has 10 heteroatoms. The quantitative estimate of drug-likeness (QED) is 0.389. The van der Waals surface area contributed by atoms with Gasteiger partial charge in [0, 0.05) is 54.6 Å². The Bertz CT molecular complexity index is 1550. The number of hydrogen-bond donors (Lipinski definition) is 0. The highest BCUT2D eigenvalue weighted by atomic mass is 19.1. The van der Waals surface area contributed by atoms with E-state index in [0.29, 0.717) is 48.5 Å². The van der Waals surface area contributed by atoms with Crippen molar-refractivity contribution in [3.8, 4) is 23.2 Å². The molecule has 2 aromatic heterocycles. The number of amides is 1. The number of pyridine rings is 1. The summed E-state index contributed by atoms with van der Waals surface area (Å²) in [5.74, 6) is -0.0202. The molecular weight excluding hydrogens is 533 g/mol. The maximum absolute atomic E-state index is 16.0. The summed E-state index contributed by atoms with van der Waals surface area (Å²) < 4.78 is 22.2. The average molecular weight is 570 g/mol. The number of likely N-dealkylation sites (tertiary alicyclic amines) is 1. The summed E-state index contributed by atoms with van der Waals surface area (Å²) in [6, 6.07) is 5.68. The summed E-state index contributed by atoms with van der Waals surface area (Å²) in [6.07, 6.45) is 11.3. The molecule has 2 saturated heterocycles. The van der Waals surface area contributed by atoms with Gasteiger partial charge in [0.05, 0.1) is 24.0 Å². The molecule has 9 nitrogen and oxygen atoms in total. The number of aryl methyl sites for hydroxylation is 1. The zero-order chi connectivity index (χ0) is 29.2. The second-order valence-corrected chi connectivity index (χ2v) is 11.5. The number of nitriles is 1. The van der Waals surface area contributed by atoms with E-state index in [1.54, 1.807) is 17.2 Å². The lowest BCUT2D eigenvalue weighted by molar-refractivity contribution is -0.128. The largest absolute Gasteiger partial charge is 0.462 e. The Hall–Kier alpha value is -4.10. The Morgan fingerprint density at radius 3 is 2.79 bits per heavy atom. The van der Waals surface area contributed by atoms with Crippen LogP contribution in [-0.2, 0) is 17.6 Å². The molecule has 2 unspecified atom stereocenters. The van der Waals surface area contributed by atoms with Crippen LogP contribution in [0.5, 0.6) is 6.01 Å². The van der Waals surface area contributed by atoms with Crippen molar-refractivity contribution in [2.75, 3.05) is 44.7 Å². The number of hydrogen-bond acceptors (Lipinski definition) is 8. The van der Waals surface area contributed by atoms with Crippen LogP contribution in [0, 0.1) is 17.1 Å².